The molecule has 4 atom stereocenters. The first-order valence-corrected chi connectivity index (χ1v) is 17.8. The van der Waals surface area contributed by atoms with E-state index in [-0.39, 0.29) is 30.3 Å². The molecule has 9 nitrogen and oxygen atoms in total. The third-order valence-electron chi connectivity index (χ3n) is 8.72. The molecule has 0 radical (unpaired) electrons. The molecule has 4 aromatic rings. The number of fused-ring (bicyclic) bond motifs is 1. The summed E-state index contributed by atoms with van der Waals surface area (Å²) < 4.78 is 0. The third kappa shape index (κ3) is 9.21. The molecule has 1 aliphatic rings. The monoisotopic (exact) mass is 695 g/mol. The number of rotatable bonds is 13. The van der Waals surface area contributed by atoms with Crippen molar-refractivity contribution in [2.45, 2.75) is 70.1 Å². The van der Waals surface area contributed by atoms with Gasteiger partial charge in [0.2, 0.25) is 16.9 Å². The number of piperazine rings is 1. The Hall–Kier alpha value is -3.28. The maximum absolute atomic E-state index is 14.1. The number of amides is 2. The average Bonchev–Trinajstić information content (AvgIpc) is 3.57. The first-order chi connectivity index (χ1) is 22.6. The van der Waals surface area contributed by atoms with Crippen LogP contribution in [-0.2, 0) is 22.4 Å². The van der Waals surface area contributed by atoms with Gasteiger partial charge in [-0.1, -0.05) is 96.9 Å². The van der Waals surface area contributed by atoms with Gasteiger partial charge in [-0.2, -0.15) is 0 Å². The third-order valence-corrected chi connectivity index (χ3v) is 9.95. The number of nitrogens with two attached hydrogens (primary N) is 2. The number of carbonyl (C=O) groups is 2. The maximum atomic E-state index is 14.1. The number of aromatic nitrogens is 2. The van der Waals surface area contributed by atoms with Crippen LogP contribution in [0.5, 0.6) is 0 Å². The van der Waals surface area contributed by atoms with Gasteiger partial charge in [-0.05, 0) is 72.1 Å². The molecule has 2 heterocycles. The van der Waals surface area contributed by atoms with Crippen LogP contribution in [0.25, 0.3) is 10.8 Å². The first kappa shape index (κ1) is 35.0. The Balaban J connectivity index is 1.34. The van der Waals surface area contributed by atoms with Crippen LogP contribution < -0.4 is 16.8 Å². The van der Waals surface area contributed by atoms with Crippen LogP contribution >= 0.6 is 34.5 Å². The lowest BCUT2D eigenvalue weighted by atomic mass is 9.93. The second kappa shape index (κ2) is 16.2. The van der Waals surface area contributed by atoms with Gasteiger partial charge in [0, 0.05) is 41.8 Å². The van der Waals surface area contributed by atoms with Crippen LogP contribution in [0.3, 0.4) is 0 Å². The highest BCUT2D eigenvalue weighted by atomic mass is 35.5. The van der Waals surface area contributed by atoms with E-state index in [1.54, 1.807) is 17.6 Å². The number of hydrogen-bond acceptors (Lipinski definition) is 8. The number of carbonyl (C=O) groups excluding carboxylic acids is 2. The van der Waals surface area contributed by atoms with Gasteiger partial charge in [-0.3, -0.25) is 9.59 Å². The fraction of sp³-hybridized carbons (Fsp3) is 0.429. The van der Waals surface area contributed by atoms with Crippen LogP contribution in [0, 0.1) is 5.92 Å². The normalized spacial score (nSPS) is 18.0. The molecule has 2 amide bonds. The number of halogens is 2. The molecule has 12 heteroatoms. The van der Waals surface area contributed by atoms with Gasteiger partial charge in [0.05, 0.1) is 12.1 Å². The van der Waals surface area contributed by atoms with Crippen molar-refractivity contribution in [3.05, 3.63) is 87.3 Å². The molecule has 1 saturated heterocycles. The molecule has 0 bridgehead atoms. The summed E-state index contributed by atoms with van der Waals surface area (Å²) in [5.74, 6) is 0.0581. The summed E-state index contributed by atoms with van der Waals surface area (Å²) in [6, 6.07) is 17.7. The summed E-state index contributed by atoms with van der Waals surface area (Å²) in [5.41, 5.74) is 16.7. The highest BCUT2D eigenvalue weighted by Crippen LogP contribution is 2.27. The lowest BCUT2D eigenvalue weighted by Gasteiger charge is -2.48. The predicted molar refractivity (Wildman–Crippen MR) is 192 cm³/mol. The molecule has 0 unspecified atom stereocenters. The Morgan fingerprint density at radius 2 is 1.64 bits per heavy atom. The van der Waals surface area contributed by atoms with Gasteiger partial charge in [-0.25, -0.2) is 0 Å². The van der Waals surface area contributed by atoms with E-state index in [9.17, 15) is 9.59 Å². The highest BCUT2D eigenvalue weighted by molar-refractivity contribution is 7.13. The molecule has 250 valence electrons. The molecule has 3 aromatic carbocycles. The zero-order chi connectivity index (χ0) is 33.5. The van der Waals surface area contributed by atoms with Gasteiger partial charge >= 0.3 is 0 Å². The Labute approximate surface area is 290 Å². The van der Waals surface area contributed by atoms with Crippen molar-refractivity contribution in [1.29, 1.82) is 0 Å². The summed E-state index contributed by atoms with van der Waals surface area (Å²) >= 11 is 14.0. The van der Waals surface area contributed by atoms with Crippen molar-refractivity contribution in [1.82, 2.24) is 20.0 Å². The molecule has 0 aliphatic carbocycles. The van der Waals surface area contributed by atoms with Gasteiger partial charge in [0.15, 0.2) is 0 Å². The molecule has 1 aliphatic heterocycles. The Kier molecular flexibility index (Phi) is 12.1. The zero-order valence-electron chi connectivity index (χ0n) is 26.8. The summed E-state index contributed by atoms with van der Waals surface area (Å²) in [6.45, 7) is 5.69. The summed E-state index contributed by atoms with van der Waals surface area (Å²) in [6.07, 6.45) is 2.88. The quantitative estimate of drug-likeness (QED) is 0.151. The molecule has 0 spiro atoms. The molecular formula is C35H43Cl2N7O2S. The van der Waals surface area contributed by atoms with Crippen molar-refractivity contribution in [3.8, 4) is 0 Å². The molecule has 0 saturated carbocycles. The standard InChI is InChI=1S/C35H43Cl2N7O2S/c1-22(2)14-29-20-43(34(46)32(39)17-26-11-12-27(36)18-30(26)37)28(8-5-13-40-35-42-41-21-47-35)19-44(29)33(45)31(38)16-23-9-10-24-6-3-4-7-25(24)15-23/h3-4,6-7,9-12,15,18,21-22,28-29,31-32H,5,8,13-14,16-17,19-20,38-39H2,1-2H3,(H,40,42)/t28-,29+,31-,32+/m0/s1. The SMILES string of the molecule is CC(C)C[C@@H]1CN(C(=O)[C@H](N)Cc2ccc(Cl)cc2Cl)[C@@H](CCCNc2nncs2)CN1C(=O)[C@@H](N)Cc1ccc2ccccc2c1. The van der Waals surface area contributed by atoms with Crippen molar-refractivity contribution in [3.63, 3.8) is 0 Å². The Bertz CT molecular complexity index is 1650. The van der Waals surface area contributed by atoms with Crippen molar-refractivity contribution in [2.24, 2.45) is 17.4 Å². The lowest BCUT2D eigenvalue weighted by molar-refractivity contribution is -0.149. The molecule has 1 aromatic heterocycles. The average molecular weight is 697 g/mol. The van der Waals surface area contributed by atoms with E-state index in [0.29, 0.717) is 48.4 Å². The van der Waals surface area contributed by atoms with E-state index in [4.69, 9.17) is 34.7 Å². The molecule has 5 N–H and O–H groups in total. The highest BCUT2D eigenvalue weighted by Gasteiger charge is 2.41. The second-order valence-electron chi connectivity index (χ2n) is 12.8. The minimum atomic E-state index is -0.798. The fourth-order valence-corrected chi connectivity index (χ4v) is 7.37. The topological polar surface area (TPSA) is 130 Å². The number of nitrogens with one attached hydrogen (secondary N) is 1. The number of anilines is 1. The van der Waals surface area contributed by atoms with Crippen molar-refractivity contribution in [2.75, 3.05) is 25.0 Å². The van der Waals surface area contributed by atoms with E-state index >= 15 is 0 Å². The number of nitrogens with zero attached hydrogens (tertiary/aromatic N) is 4. The van der Waals surface area contributed by atoms with Crippen LogP contribution in [0.1, 0.15) is 44.2 Å². The van der Waals surface area contributed by atoms with E-state index in [2.05, 4.69) is 53.6 Å². The van der Waals surface area contributed by atoms with Crippen molar-refractivity contribution >= 4 is 62.3 Å². The van der Waals surface area contributed by atoms with E-state index in [1.807, 2.05) is 34.1 Å². The van der Waals surface area contributed by atoms with E-state index in [0.717, 1.165) is 39.9 Å². The minimum absolute atomic E-state index is 0.0925. The minimum Gasteiger partial charge on any atom is -0.360 e. The number of benzene rings is 3. The first-order valence-electron chi connectivity index (χ1n) is 16.1. The zero-order valence-corrected chi connectivity index (χ0v) is 29.1. The van der Waals surface area contributed by atoms with Crippen LogP contribution in [-0.4, -0.2) is 75.6 Å². The van der Waals surface area contributed by atoms with Crippen LogP contribution in [0.2, 0.25) is 10.0 Å². The predicted octanol–water partition coefficient (Wildman–Crippen LogP) is 5.78. The fourth-order valence-electron chi connectivity index (χ4n) is 6.41. The van der Waals surface area contributed by atoms with E-state index < -0.39 is 12.1 Å². The summed E-state index contributed by atoms with van der Waals surface area (Å²) in [5, 5.41) is 15.2. The maximum Gasteiger partial charge on any atom is 0.240 e. The van der Waals surface area contributed by atoms with Gasteiger partial charge in [0.25, 0.3) is 0 Å². The summed E-state index contributed by atoms with van der Waals surface area (Å²) in [4.78, 5) is 32.0. The number of hydrogen-bond donors (Lipinski definition) is 3. The summed E-state index contributed by atoms with van der Waals surface area (Å²) in [7, 11) is 0. The van der Waals surface area contributed by atoms with Gasteiger partial charge < -0.3 is 26.6 Å². The molecule has 5 rings (SSSR count). The molecule has 47 heavy (non-hydrogen) atoms. The van der Waals surface area contributed by atoms with Gasteiger partial charge in [-0.15, -0.1) is 10.2 Å². The van der Waals surface area contributed by atoms with Crippen LogP contribution in [0.4, 0.5) is 5.13 Å². The lowest BCUT2D eigenvalue weighted by Crippen LogP contribution is -2.65. The molecular weight excluding hydrogens is 653 g/mol. The van der Waals surface area contributed by atoms with Crippen LogP contribution in [0.15, 0.2) is 66.2 Å². The Morgan fingerprint density at radius 3 is 2.34 bits per heavy atom. The van der Waals surface area contributed by atoms with Crippen molar-refractivity contribution < 1.29 is 9.59 Å². The Morgan fingerprint density at radius 1 is 0.936 bits per heavy atom. The van der Waals surface area contributed by atoms with Gasteiger partial charge in [0.1, 0.15) is 5.51 Å². The van der Waals surface area contributed by atoms with E-state index in [1.165, 1.54) is 11.3 Å². The largest absolute Gasteiger partial charge is 0.360 e. The molecule has 1 fully saturated rings. The second-order valence-corrected chi connectivity index (χ2v) is 14.4. The smallest absolute Gasteiger partial charge is 0.240 e.